The van der Waals surface area contributed by atoms with Crippen LogP contribution in [0.4, 0.5) is 0 Å². The van der Waals surface area contributed by atoms with E-state index in [0.29, 0.717) is 0 Å². The van der Waals surface area contributed by atoms with Gasteiger partial charge in [-0.05, 0) is 30.7 Å². The summed E-state index contributed by atoms with van der Waals surface area (Å²) in [6, 6.07) is 18.2. The number of hydrogen-bond donors (Lipinski definition) is 0. The predicted octanol–water partition coefficient (Wildman–Crippen LogP) is 5.37. The van der Waals surface area contributed by atoms with Crippen molar-refractivity contribution in [2.45, 2.75) is 6.92 Å². The summed E-state index contributed by atoms with van der Waals surface area (Å²) in [6.07, 6.45) is 4.04. The standard InChI is InChI=1S/C18H14ClN/c1-13-6-8-14(9-7-13)10-11-15-12-17(19)16-4-2-3-5-18(16)20-15/h2-12H,1H3/b11-10+. The molecule has 98 valence electrons. The van der Waals surface area contributed by atoms with Crippen LogP contribution < -0.4 is 0 Å². The lowest BCUT2D eigenvalue weighted by molar-refractivity contribution is 1.37. The smallest absolute Gasteiger partial charge is 0.0724 e. The van der Waals surface area contributed by atoms with Crippen LogP contribution in [0.2, 0.25) is 5.02 Å². The molecule has 0 aliphatic carbocycles. The Balaban J connectivity index is 1.96. The number of hydrogen-bond acceptors (Lipinski definition) is 1. The summed E-state index contributed by atoms with van der Waals surface area (Å²) < 4.78 is 0. The molecule has 1 heterocycles. The van der Waals surface area contributed by atoms with Crippen molar-refractivity contribution >= 4 is 34.7 Å². The lowest BCUT2D eigenvalue weighted by Gasteiger charge is -2.02. The molecule has 0 unspecified atom stereocenters. The summed E-state index contributed by atoms with van der Waals surface area (Å²) in [5, 5.41) is 1.72. The largest absolute Gasteiger partial charge is 0.248 e. The normalized spacial score (nSPS) is 11.3. The predicted molar refractivity (Wildman–Crippen MR) is 86.9 cm³/mol. The molecule has 0 saturated carbocycles. The molecule has 2 heteroatoms. The average molecular weight is 280 g/mol. The second-order valence-corrected chi connectivity index (χ2v) is 5.20. The number of para-hydroxylation sites is 1. The summed E-state index contributed by atoms with van der Waals surface area (Å²) in [6.45, 7) is 2.08. The maximum atomic E-state index is 6.29. The van der Waals surface area contributed by atoms with E-state index in [1.54, 1.807) is 0 Å². The number of benzene rings is 2. The van der Waals surface area contributed by atoms with Gasteiger partial charge >= 0.3 is 0 Å². The molecule has 0 aliphatic heterocycles. The van der Waals surface area contributed by atoms with Crippen LogP contribution in [0.15, 0.2) is 54.6 Å². The molecule has 3 aromatic rings. The highest BCUT2D eigenvalue weighted by atomic mass is 35.5. The number of rotatable bonds is 2. The highest BCUT2D eigenvalue weighted by Gasteiger charge is 2.01. The fraction of sp³-hybridized carbons (Fsp3) is 0.0556. The zero-order valence-electron chi connectivity index (χ0n) is 11.2. The van der Waals surface area contributed by atoms with Crippen molar-refractivity contribution in [3.63, 3.8) is 0 Å². The Bertz CT molecular complexity index is 773. The monoisotopic (exact) mass is 279 g/mol. The quantitative estimate of drug-likeness (QED) is 0.615. The summed E-state index contributed by atoms with van der Waals surface area (Å²) in [5.41, 5.74) is 4.20. The van der Waals surface area contributed by atoms with Gasteiger partial charge in [-0.25, -0.2) is 4.98 Å². The van der Waals surface area contributed by atoms with Crippen LogP contribution in [-0.4, -0.2) is 4.98 Å². The fourth-order valence-electron chi connectivity index (χ4n) is 2.10. The molecule has 0 saturated heterocycles. The Labute approximate surface area is 123 Å². The van der Waals surface area contributed by atoms with Gasteiger partial charge in [0, 0.05) is 5.39 Å². The van der Waals surface area contributed by atoms with E-state index in [1.807, 2.05) is 42.5 Å². The molecule has 20 heavy (non-hydrogen) atoms. The molecule has 0 N–H and O–H groups in total. The zero-order chi connectivity index (χ0) is 13.9. The van der Waals surface area contributed by atoms with Crippen molar-refractivity contribution in [3.05, 3.63) is 76.4 Å². The van der Waals surface area contributed by atoms with Crippen LogP contribution in [0.25, 0.3) is 23.1 Å². The molecular formula is C18H14ClN. The minimum absolute atomic E-state index is 0.735. The number of aromatic nitrogens is 1. The van der Waals surface area contributed by atoms with Gasteiger partial charge in [0.25, 0.3) is 0 Å². The van der Waals surface area contributed by atoms with Gasteiger partial charge in [-0.2, -0.15) is 0 Å². The van der Waals surface area contributed by atoms with E-state index >= 15 is 0 Å². The first kappa shape index (κ1) is 12.9. The number of fused-ring (bicyclic) bond motifs is 1. The van der Waals surface area contributed by atoms with E-state index in [-0.39, 0.29) is 0 Å². The number of halogens is 1. The van der Waals surface area contributed by atoms with Crippen LogP contribution >= 0.6 is 11.6 Å². The summed E-state index contributed by atoms with van der Waals surface area (Å²) >= 11 is 6.29. The molecule has 1 aromatic heterocycles. The lowest BCUT2D eigenvalue weighted by Crippen LogP contribution is -1.84. The van der Waals surface area contributed by atoms with E-state index in [2.05, 4.69) is 36.2 Å². The fourth-order valence-corrected chi connectivity index (χ4v) is 2.37. The van der Waals surface area contributed by atoms with Crippen molar-refractivity contribution in [1.29, 1.82) is 0 Å². The van der Waals surface area contributed by atoms with E-state index in [9.17, 15) is 0 Å². The number of nitrogens with zero attached hydrogens (tertiary/aromatic N) is 1. The zero-order valence-corrected chi connectivity index (χ0v) is 11.9. The Morgan fingerprint density at radius 2 is 1.70 bits per heavy atom. The maximum absolute atomic E-state index is 6.29. The van der Waals surface area contributed by atoms with Crippen molar-refractivity contribution in [1.82, 2.24) is 4.98 Å². The summed E-state index contributed by atoms with van der Waals surface area (Å²) in [7, 11) is 0. The van der Waals surface area contributed by atoms with E-state index in [4.69, 9.17) is 11.6 Å². The van der Waals surface area contributed by atoms with Crippen LogP contribution in [0.5, 0.6) is 0 Å². The third-order valence-electron chi connectivity index (χ3n) is 3.21. The van der Waals surface area contributed by atoms with E-state index in [0.717, 1.165) is 27.2 Å². The van der Waals surface area contributed by atoms with Gasteiger partial charge in [0.15, 0.2) is 0 Å². The third-order valence-corrected chi connectivity index (χ3v) is 3.52. The molecule has 0 spiro atoms. The first-order valence-corrected chi connectivity index (χ1v) is 6.90. The van der Waals surface area contributed by atoms with Crippen LogP contribution in [0.3, 0.4) is 0 Å². The Morgan fingerprint density at radius 1 is 0.950 bits per heavy atom. The molecule has 0 aliphatic rings. The van der Waals surface area contributed by atoms with Crippen LogP contribution in [0.1, 0.15) is 16.8 Å². The van der Waals surface area contributed by atoms with Crippen LogP contribution in [-0.2, 0) is 0 Å². The molecular weight excluding hydrogens is 266 g/mol. The first-order valence-electron chi connectivity index (χ1n) is 6.52. The van der Waals surface area contributed by atoms with Crippen molar-refractivity contribution in [2.75, 3.05) is 0 Å². The second kappa shape index (κ2) is 5.48. The van der Waals surface area contributed by atoms with Gasteiger partial charge in [0.1, 0.15) is 0 Å². The Morgan fingerprint density at radius 3 is 2.50 bits per heavy atom. The molecule has 0 fully saturated rings. The SMILES string of the molecule is Cc1ccc(/C=C/c2cc(Cl)c3ccccc3n2)cc1. The minimum atomic E-state index is 0.735. The Kier molecular flexibility index (Phi) is 3.53. The third kappa shape index (κ3) is 2.73. The molecule has 2 aromatic carbocycles. The van der Waals surface area contributed by atoms with Gasteiger partial charge < -0.3 is 0 Å². The van der Waals surface area contributed by atoms with Crippen molar-refractivity contribution in [2.24, 2.45) is 0 Å². The van der Waals surface area contributed by atoms with Gasteiger partial charge in [-0.1, -0.05) is 65.7 Å². The van der Waals surface area contributed by atoms with Gasteiger partial charge in [-0.3, -0.25) is 0 Å². The second-order valence-electron chi connectivity index (χ2n) is 4.79. The van der Waals surface area contributed by atoms with Gasteiger partial charge in [0.2, 0.25) is 0 Å². The summed E-state index contributed by atoms with van der Waals surface area (Å²) in [4.78, 5) is 4.60. The van der Waals surface area contributed by atoms with Crippen LogP contribution in [0, 0.1) is 6.92 Å². The lowest BCUT2D eigenvalue weighted by atomic mass is 10.1. The van der Waals surface area contributed by atoms with Crippen molar-refractivity contribution in [3.8, 4) is 0 Å². The van der Waals surface area contributed by atoms with Gasteiger partial charge in [-0.15, -0.1) is 0 Å². The molecule has 0 radical (unpaired) electrons. The molecule has 3 rings (SSSR count). The molecule has 0 bridgehead atoms. The first-order chi connectivity index (χ1) is 9.72. The minimum Gasteiger partial charge on any atom is -0.248 e. The van der Waals surface area contributed by atoms with Gasteiger partial charge in [0.05, 0.1) is 16.2 Å². The number of pyridine rings is 1. The van der Waals surface area contributed by atoms with Crippen molar-refractivity contribution < 1.29 is 0 Å². The maximum Gasteiger partial charge on any atom is 0.0724 e. The highest BCUT2D eigenvalue weighted by molar-refractivity contribution is 6.35. The van der Waals surface area contributed by atoms with E-state index in [1.165, 1.54) is 5.56 Å². The topological polar surface area (TPSA) is 12.9 Å². The average Bonchev–Trinajstić information content (AvgIpc) is 2.47. The molecule has 0 amide bonds. The Hall–Kier alpha value is -2.12. The molecule has 1 nitrogen and oxygen atoms in total. The summed E-state index contributed by atoms with van der Waals surface area (Å²) in [5.74, 6) is 0. The molecule has 0 atom stereocenters. The number of aryl methyl sites for hydroxylation is 1. The van der Waals surface area contributed by atoms with E-state index < -0.39 is 0 Å². The highest BCUT2D eigenvalue weighted by Crippen LogP contribution is 2.23.